The number of furan rings is 1. The molecule has 81 heavy (non-hydrogen) atoms. The minimum atomic E-state index is -0.254. The maximum atomic E-state index is 6.59. The molecule has 0 fully saturated rings. The molecule has 4 heterocycles. The van der Waals surface area contributed by atoms with Crippen molar-refractivity contribution in [3.63, 3.8) is 0 Å². The zero-order valence-electron chi connectivity index (χ0n) is 50.9. The number of aromatic nitrogens is 1. The quantitative estimate of drug-likeness (QED) is 0.127. The van der Waals surface area contributed by atoms with Gasteiger partial charge in [0.1, 0.15) is 11.0 Å². The first-order valence-corrected chi connectivity index (χ1v) is 28.8. The van der Waals surface area contributed by atoms with E-state index in [0.29, 0.717) is 0 Å². The van der Waals surface area contributed by atoms with Crippen LogP contribution in [-0.4, -0.2) is 11.3 Å². The summed E-state index contributed by atoms with van der Waals surface area (Å²) in [6, 6.07) is 58.4. The number of hydrogen-bond acceptors (Lipinski definition) is 3. The molecule has 0 radical (unpaired) electrons. The van der Waals surface area contributed by atoms with Crippen molar-refractivity contribution in [1.29, 1.82) is 0 Å². The Balaban J connectivity index is 0.00000243. The van der Waals surface area contributed by atoms with Gasteiger partial charge in [-0.25, -0.2) is 0 Å². The molecule has 6 heteroatoms. The van der Waals surface area contributed by atoms with Gasteiger partial charge in [-0.1, -0.05) is 217 Å². The van der Waals surface area contributed by atoms with E-state index in [4.69, 9.17) is 4.42 Å². The van der Waals surface area contributed by atoms with Gasteiger partial charge in [0.25, 0.3) is 0 Å². The van der Waals surface area contributed by atoms with E-state index in [2.05, 4.69) is 259 Å². The number of allylic oxidation sites excluding steroid dienone is 1. The van der Waals surface area contributed by atoms with Crippen LogP contribution in [0.3, 0.4) is 0 Å². The molecular formula is C75H78BN3OOs. The summed E-state index contributed by atoms with van der Waals surface area (Å²) in [5.74, 6) is 0. The second-order valence-electron chi connectivity index (χ2n) is 26.4. The molecule has 0 saturated heterocycles. The zero-order chi connectivity index (χ0) is 57.3. The molecule has 0 atom stereocenters. The van der Waals surface area contributed by atoms with E-state index in [0.717, 1.165) is 83.6 Å². The third kappa shape index (κ3) is 9.45. The number of nitrogens with zero attached hydrogens (tertiary/aromatic N) is 3. The van der Waals surface area contributed by atoms with Crippen LogP contribution in [0.4, 0.5) is 34.1 Å². The molecule has 0 bridgehead atoms. The minimum Gasteiger partial charge on any atom is -0.455 e. The van der Waals surface area contributed by atoms with E-state index in [1.807, 2.05) is 38.1 Å². The molecule has 12 rings (SSSR count). The molecule has 410 valence electrons. The minimum absolute atomic E-state index is 0. The Morgan fingerprint density at radius 2 is 1.16 bits per heavy atom. The Labute approximate surface area is 496 Å². The van der Waals surface area contributed by atoms with Crippen molar-refractivity contribution in [2.75, 3.05) is 9.80 Å². The number of anilines is 6. The van der Waals surface area contributed by atoms with E-state index in [1.54, 1.807) is 0 Å². The second-order valence-corrected chi connectivity index (χ2v) is 26.4. The Bertz CT molecular complexity index is 4260. The first-order chi connectivity index (χ1) is 37.8. The second kappa shape index (κ2) is 20.4. The summed E-state index contributed by atoms with van der Waals surface area (Å²) >= 11 is 0. The van der Waals surface area contributed by atoms with Crippen molar-refractivity contribution in [2.45, 2.75) is 139 Å². The summed E-state index contributed by atoms with van der Waals surface area (Å²) in [6.45, 7) is 47.3. The Hall–Kier alpha value is -7.12. The van der Waals surface area contributed by atoms with Crippen molar-refractivity contribution < 1.29 is 24.2 Å². The number of rotatable bonds is 5. The normalized spacial score (nSPS) is 13.6. The van der Waals surface area contributed by atoms with Crippen LogP contribution in [0.5, 0.6) is 0 Å². The fraction of sp³-hybridized carbons (Fsp3) is 0.280. The van der Waals surface area contributed by atoms with Crippen molar-refractivity contribution in [3.8, 4) is 5.69 Å². The molecule has 4 nitrogen and oxygen atoms in total. The summed E-state index contributed by atoms with van der Waals surface area (Å²) in [7, 11) is 0. The third-order valence-corrected chi connectivity index (χ3v) is 16.8. The van der Waals surface area contributed by atoms with E-state index >= 15 is 0 Å². The first kappa shape index (κ1) is 57.1. The molecular weight excluding hydrogens is 1160 g/mol. The van der Waals surface area contributed by atoms with Gasteiger partial charge in [0.15, 0.2) is 6.71 Å². The van der Waals surface area contributed by atoms with Crippen LogP contribution in [0.2, 0.25) is 0 Å². The number of aryl methyl sites for hydroxylation is 3. The van der Waals surface area contributed by atoms with E-state index in [1.165, 1.54) is 66.1 Å². The Morgan fingerprint density at radius 3 is 1.78 bits per heavy atom. The van der Waals surface area contributed by atoms with E-state index in [-0.39, 0.29) is 48.2 Å². The van der Waals surface area contributed by atoms with Crippen molar-refractivity contribution in [2.24, 2.45) is 0 Å². The van der Waals surface area contributed by atoms with Crippen LogP contribution in [0.1, 0.15) is 141 Å². The first-order valence-electron chi connectivity index (χ1n) is 28.8. The third-order valence-electron chi connectivity index (χ3n) is 16.8. The van der Waals surface area contributed by atoms with Crippen LogP contribution in [0.25, 0.3) is 50.6 Å². The summed E-state index contributed by atoms with van der Waals surface area (Å²) in [5, 5.41) is 4.36. The predicted octanol–water partition coefficient (Wildman–Crippen LogP) is 17.1. The van der Waals surface area contributed by atoms with Gasteiger partial charge in [0.05, 0.1) is 11.0 Å². The standard InChI is InChI=1S/C73H72BN3O.C2H6.Os/c1-18-53(69-46(5)54-26-22-23-27-66(54)78-69)47-34-44(3)68(45(4)35-47)77-63-42-61-56(55-37-49(71(9,10)11)30-33-60(55)75(61)52-24-20-19-21-25-52)41-58(63)74-57-31-28-50(72(12,13)14)38-62(57)76(59-32-29-48(36-43(59)2)70(6,7)8)64-39-51(73(15,16)17)40-65(77)67(64)74;1-2;/h18-31,33-38,40-42H,1,5H2,2-4,6-17H3;1-2H3;/q-2;;+2/b69-53-;;. The van der Waals surface area contributed by atoms with Gasteiger partial charge >= 0.3 is 19.8 Å². The molecule has 0 spiro atoms. The van der Waals surface area contributed by atoms with Crippen LogP contribution >= 0.6 is 0 Å². The van der Waals surface area contributed by atoms with Crippen molar-refractivity contribution in [1.82, 2.24) is 4.57 Å². The summed E-state index contributed by atoms with van der Waals surface area (Å²) in [5.41, 5.74) is 25.6. The Morgan fingerprint density at radius 1 is 0.556 bits per heavy atom. The maximum Gasteiger partial charge on any atom is 2.00 e. The maximum absolute atomic E-state index is 6.59. The van der Waals surface area contributed by atoms with E-state index in [9.17, 15) is 0 Å². The molecule has 0 aliphatic carbocycles. The van der Waals surface area contributed by atoms with Gasteiger partial charge in [-0.2, -0.15) is 35.4 Å². The van der Waals surface area contributed by atoms with Crippen LogP contribution in [0, 0.1) is 32.9 Å². The SMILES string of the molecule is C=C/C(c1cc(C)c(N2c3cc4c(cc3B3c5ccc(C(C)(C)C)cc5N(c5[c-]cc(C(C)(C)C)cc5C)c5[c-]c(C(C)(C)C)cc2c53)c2cc(C(C)(C)C)ccc2n4-c2ccccc2)c(C)c1)=c1/oc2ccccc2c1=C.CC.[Os+2]. The average Bonchev–Trinajstić information content (AvgIpc) is 4.04. The fourth-order valence-corrected chi connectivity index (χ4v) is 12.5. The molecule has 0 saturated carbocycles. The topological polar surface area (TPSA) is 24.6 Å². The molecule has 0 N–H and O–H groups in total. The van der Waals surface area contributed by atoms with Gasteiger partial charge in [-0.15, -0.1) is 17.1 Å². The van der Waals surface area contributed by atoms with Crippen LogP contribution in [-0.2, 0) is 41.5 Å². The number of fused-ring (bicyclic) bond motifs is 8. The number of para-hydroxylation sites is 2. The molecule has 2 aliphatic heterocycles. The largest absolute Gasteiger partial charge is 2.00 e. The van der Waals surface area contributed by atoms with E-state index < -0.39 is 0 Å². The monoisotopic (exact) mass is 1240 g/mol. The van der Waals surface area contributed by atoms with Gasteiger partial charge in [0.2, 0.25) is 0 Å². The molecule has 2 aliphatic rings. The predicted molar refractivity (Wildman–Crippen MR) is 347 cm³/mol. The van der Waals surface area contributed by atoms with Crippen LogP contribution in [0.15, 0.2) is 151 Å². The van der Waals surface area contributed by atoms with Gasteiger partial charge < -0.3 is 18.8 Å². The van der Waals surface area contributed by atoms with Crippen molar-refractivity contribution in [3.05, 3.63) is 213 Å². The summed E-state index contributed by atoms with van der Waals surface area (Å²) in [4.78, 5) is 5.14. The number of benzene rings is 8. The van der Waals surface area contributed by atoms with Gasteiger partial charge in [0, 0.05) is 49.7 Å². The average molecular weight is 1240 g/mol. The Kier molecular flexibility index (Phi) is 14.4. The molecule has 8 aromatic carbocycles. The smallest absolute Gasteiger partial charge is 0.455 e. The molecule has 2 aromatic heterocycles. The van der Waals surface area contributed by atoms with Crippen LogP contribution < -0.4 is 36.8 Å². The molecule has 0 unspecified atom stereocenters. The number of hydrogen-bond donors (Lipinski definition) is 0. The molecule has 10 aromatic rings. The van der Waals surface area contributed by atoms with Crippen molar-refractivity contribution >= 4 is 102 Å². The van der Waals surface area contributed by atoms with Gasteiger partial charge in [-0.05, 0) is 113 Å². The summed E-state index contributed by atoms with van der Waals surface area (Å²) in [6.07, 6.45) is 1.93. The fourth-order valence-electron chi connectivity index (χ4n) is 12.5. The zero-order valence-corrected chi connectivity index (χ0v) is 53.4. The molecule has 0 amide bonds. The van der Waals surface area contributed by atoms with Gasteiger partial charge in [-0.3, -0.25) is 0 Å². The summed E-state index contributed by atoms with van der Waals surface area (Å²) < 4.78 is 9.08.